The maximum atomic E-state index is 11.5. The number of primary amides is 1. The summed E-state index contributed by atoms with van der Waals surface area (Å²) in [5.74, 6) is 0.194. The summed E-state index contributed by atoms with van der Waals surface area (Å²) in [5.41, 5.74) is 6.31. The Hall–Kier alpha value is -1.76. The van der Waals surface area contributed by atoms with Crippen molar-refractivity contribution in [2.24, 2.45) is 5.73 Å². The van der Waals surface area contributed by atoms with Crippen LogP contribution in [0.4, 0.5) is 16.2 Å². The first kappa shape index (κ1) is 15.3. The normalized spacial score (nSPS) is 12.7. The monoisotopic (exact) mass is 285 g/mol. The van der Waals surface area contributed by atoms with Crippen molar-refractivity contribution in [2.45, 2.75) is 19.9 Å². The number of hydrogen-bond donors (Lipinski definition) is 3. The van der Waals surface area contributed by atoms with E-state index in [-0.39, 0.29) is 17.5 Å². The molecule has 0 aromatic heterocycles. The average molecular weight is 285 g/mol. The lowest BCUT2D eigenvalue weighted by atomic mass is 10.2. The van der Waals surface area contributed by atoms with Gasteiger partial charge in [0.05, 0.1) is 5.75 Å². The first-order valence-electron chi connectivity index (χ1n) is 5.96. The molecule has 0 aliphatic carbocycles. The molecule has 1 unspecified atom stereocenters. The minimum Gasteiger partial charge on any atom is -0.382 e. The highest BCUT2D eigenvalue weighted by molar-refractivity contribution is 7.91. The molecule has 6 nitrogen and oxygen atoms in total. The summed E-state index contributed by atoms with van der Waals surface area (Å²) in [5, 5.41) is 5.53. The second kappa shape index (κ2) is 6.42. The molecule has 0 aliphatic heterocycles. The average Bonchev–Trinajstić information content (AvgIpc) is 2.27. The number of rotatable bonds is 6. The van der Waals surface area contributed by atoms with E-state index in [0.29, 0.717) is 5.69 Å². The fourth-order valence-corrected chi connectivity index (χ4v) is 2.73. The van der Waals surface area contributed by atoms with Crippen molar-refractivity contribution in [3.05, 3.63) is 24.3 Å². The number of carbonyl (C=O) groups is 1. The van der Waals surface area contributed by atoms with E-state index in [2.05, 4.69) is 10.6 Å². The molecule has 0 radical (unpaired) electrons. The maximum absolute atomic E-state index is 11.5. The van der Waals surface area contributed by atoms with Crippen LogP contribution in [0.1, 0.15) is 13.8 Å². The van der Waals surface area contributed by atoms with Gasteiger partial charge in [0.15, 0.2) is 9.84 Å². The van der Waals surface area contributed by atoms with Crippen LogP contribution < -0.4 is 16.4 Å². The van der Waals surface area contributed by atoms with E-state index in [4.69, 9.17) is 5.73 Å². The lowest BCUT2D eigenvalue weighted by molar-refractivity contribution is 0.259. The number of sulfone groups is 1. The lowest BCUT2D eigenvalue weighted by Gasteiger charge is -2.15. The Morgan fingerprint density at radius 2 is 2.00 bits per heavy atom. The SMILES string of the molecule is CCS(=O)(=O)CC(C)Nc1cccc(NC(N)=O)c1. The van der Waals surface area contributed by atoms with E-state index in [0.717, 1.165) is 5.69 Å². The van der Waals surface area contributed by atoms with Gasteiger partial charge in [0.2, 0.25) is 0 Å². The third-order valence-corrected chi connectivity index (χ3v) is 4.37. The highest BCUT2D eigenvalue weighted by Gasteiger charge is 2.13. The number of amides is 2. The molecule has 106 valence electrons. The van der Waals surface area contributed by atoms with Crippen LogP contribution >= 0.6 is 0 Å². The number of benzene rings is 1. The second-order valence-corrected chi connectivity index (χ2v) is 6.71. The van der Waals surface area contributed by atoms with Gasteiger partial charge in [-0.2, -0.15) is 0 Å². The number of carbonyl (C=O) groups excluding carboxylic acids is 1. The van der Waals surface area contributed by atoms with Crippen molar-refractivity contribution in [1.29, 1.82) is 0 Å². The molecule has 4 N–H and O–H groups in total. The van der Waals surface area contributed by atoms with Gasteiger partial charge in [-0.25, -0.2) is 13.2 Å². The highest BCUT2D eigenvalue weighted by atomic mass is 32.2. The van der Waals surface area contributed by atoms with Crippen LogP contribution in [0.3, 0.4) is 0 Å². The molecule has 0 fully saturated rings. The number of hydrogen-bond acceptors (Lipinski definition) is 4. The summed E-state index contributed by atoms with van der Waals surface area (Å²) in [6.45, 7) is 3.42. The first-order valence-corrected chi connectivity index (χ1v) is 7.78. The molecule has 0 saturated carbocycles. The molecule has 19 heavy (non-hydrogen) atoms. The van der Waals surface area contributed by atoms with Crippen molar-refractivity contribution in [3.63, 3.8) is 0 Å². The van der Waals surface area contributed by atoms with Crippen LogP contribution in [-0.2, 0) is 9.84 Å². The summed E-state index contributed by atoms with van der Waals surface area (Å²) in [6, 6.07) is 6.08. The van der Waals surface area contributed by atoms with Crippen molar-refractivity contribution in [2.75, 3.05) is 22.1 Å². The van der Waals surface area contributed by atoms with Crippen LogP contribution in [0.5, 0.6) is 0 Å². The number of urea groups is 1. The van der Waals surface area contributed by atoms with Gasteiger partial charge in [-0.3, -0.25) is 0 Å². The zero-order valence-corrected chi connectivity index (χ0v) is 11.8. The van der Waals surface area contributed by atoms with E-state index in [9.17, 15) is 13.2 Å². The molecule has 1 atom stereocenters. The van der Waals surface area contributed by atoms with Gasteiger partial charge in [0.1, 0.15) is 0 Å². The molecule has 0 aliphatic rings. The van der Waals surface area contributed by atoms with Crippen LogP contribution in [0.25, 0.3) is 0 Å². The van der Waals surface area contributed by atoms with Gasteiger partial charge >= 0.3 is 6.03 Å². The van der Waals surface area contributed by atoms with E-state index in [1.165, 1.54) is 0 Å². The van der Waals surface area contributed by atoms with Crippen molar-refractivity contribution >= 4 is 27.2 Å². The van der Waals surface area contributed by atoms with Gasteiger partial charge in [-0.1, -0.05) is 13.0 Å². The molecule has 1 aromatic carbocycles. The second-order valence-electron chi connectivity index (χ2n) is 4.31. The fourth-order valence-electron chi connectivity index (χ4n) is 1.65. The third-order valence-electron chi connectivity index (χ3n) is 2.49. The molecule has 7 heteroatoms. The summed E-state index contributed by atoms with van der Waals surface area (Å²) < 4.78 is 23.0. The third kappa shape index (κ3) is 5.60. The van der Waals surface area contributed by atoms with E-state index < -0.39 is 15.9 Å². The molecule has 0 bridgehead atoms. The largest absolute Gasteiger partial charge is 0.382 e. The maximum Gasteiger partial charge on any atom is 0.316 e. The summed E-state index contributed by atoms with van der Waals surface area (Å²) in [4.78, 5) is 10.7. The molecule has 1 aromatic rings. The quantitative estimate of drug-likeness (QED) is 0.735. The minimum absolute atomic E-state index is 0.0664. The molecule has 2 amide bonds. The molecular weight excluding hydrogens is 266 g/mol. The van der Waals surface area contributed by atoms with E-state index in [1.807, 2.05) is 0 Å². The van der Waals surface area contributed by atoms with Crippen LogP contribution in [0.15, 0.2) is 24.3 Å². The predicted molar refractivity (Wildman–Crippen MR) is 77.1 cm³/mol. The molecule has 0 heterocycles. The topological polar surface area (TPSA) is 101 Å². The van der Waals surface area contributed by atoms with Crippen molar-refractivity contribution in [1.82, 2.24) is 0 Å². The Labute approximate surface area is 113 Å². The number of nitrogens with one attached hydrogen (secondary N) is 2. The Kier molecular flexibility index (Phi) is 5.17. The van der Waals surface area contributed by atoms with Crippen LogP contribution in [0, 0.1) is 0 Å². The van der Waals surface area contributed by atoms with E-state index in [1.54, 1.807) is 38.1 Å². The number of nitrogens with two attached hydrogens (primary N) is 1. The van der Waals surface area contributed by atoms with Crippen molar-refractivity contribution in [3.8, 4) is 0 Å². The standard InChI is InChI=1S/C12H19N3O3S/c1-3-19(17,18)8-9(2)14-10-5-4-6-11(7-10)15-12(13)16/h4-7,9,14H,3,8H2,1-2H3,(H3,13,15,16). The van der Waals surface area contributed by atoms with Gasteiger partial charge in [0, 0.05) is 23.2 Å². The minimum atomic E-state index is -3.02. The number of anilines is 2. The van der Waals surface area contributed by atoms with Gasteiger partial charge in [-0.05, 0) is 25.1 Å². The lowest BCUT2D eigenvalue weighted by Crippen LogP contribution is -2.26. The van der Waals surface area contributed by atoms with Gasteiger partial charge < -0.3 is 16.4 Å². The van der Waals surface area contributed by atoms with Crippen LogP contribution in [0.2, 0.25) is 0 Å². The fraction of sp³-hybridized carbons (Fsp3) is 0.417. The van der Waals surface area contributed by atoms with Gasteiger partial charge in [0.25, 0.3) is 0 Å². The Morgan fingerprint density at radius 1 is 1.37 bits per heavy atom. The Morgan fingerprint density at radius 3 is 2.58 bits per heavy atom. The van der Waals surface area contributed by atoms with Crippen molar-refractivity contribution < 1.29 is 13.2 Å². The summed E-state index contributed by atoms with van der Waals surface area (Å²) in [6.07, 6.45) is 0. The summed E-state index contributed by atoms with van der Waals surface area (Å²) in [7, 11) is -3.02. The predicted octanol–water partition coefficient (Wildman–Crippen LogP) is 1.41. The van der Waals surface area contributed by atoms with Gasteiger partial charge in [-0.15, -0.1) is 0 Å². The Bertz CT molecular complexity index is 543. The zero-order valence-electron chi connectivity index (χ0n) is 11.0. The van der Waals surface area contributed by atoms with E-state index >= 15 is 0 Å². The summed E-state index contributed by atoms with van der Waals surface area (Å²) >= 11 is 0. The highest BCUT2D eigenvalue weighted by Crippen LogP contribution is 2.16. The zero-order chi connectivity index (χ0) is 14.5. The van der Waals surface area contributed by atoms with Crippen LogP contribution in [-0.4, -0.2) is 32.0 Å². The molecule has 1 rings (SSSR count). The first-order chi connectivity index (χ1) is 8.82. The Balaban J connectivity index is 2.69. The molecule has 0 saturated heterocycles. The molecular formula is C12H19N3O3S. The smallest absolute Gasteiger partial charge is 0.316 e. The molecule has 0 spiro atoms.